The number of nitrogens with two attached hydrogens (primary N) is 1. The predicted molar refractivity (Wildman–Crippen MR) is 117 cm³/mol. The molecule has 4 N–H and O–H groups in total. The molecule has 0 aliphatic carbocycles. The molecule has 1 aromatic carbocycles. The Balaban J connectivity index is 1.74. The summed E-state index contributed by atoms with van der Waals surface area (Å²) in [5.41, 5.74) is 12.2. The van der Waals surface area contributed by atoms with E-state index in [1.165, 1.54) is 5.56 Å². The quantitative estimate of drug-likeness (QED) is 0.483. The van der Waals surface area contributed by atoms with Crippen LogP contribution in [0.1, 0.15) is 47.7 Å². The molecule has 4 aromatic rings. The Morgan fingerprint density at radius 2 is 1.83 bits per heavy atom. The molecule has 0 atom stereocenters. The van der Waals surface area contributed by atoms with Crippen LogP contribution < -0.4 is 17.0 Å². The van der Waals surface area contributed by atoms with E-state index in [-0.39, 0.29) is 5.82 Å². The third-order valence-electron chi connectivity index (χ3n) is 5.37. The molecule has 0 saturated heterocycles. The third-order valence-corrected chi connectivity index (χ3v) is 5.37. The van der Waals surface area contributed by atoms with Crippen molar-refractivity contribution in [3.63, 3.8) is 0 Å². The first-order valence-corrected chi connectivity index (χ1v) is 9.81. The number of aryl methyl sites for hydroxylation is 2. The highest BCUT2D eigenvalue weighted by Gasteiger charge is 2.13. The van der Waals surface area contributed by atoms with Crippen LogP contribution in [0.25, 0.3) is 16.7 Å². The molecule has 0 aliphatic rings. The second kappa shape index (κ2) is 7.29. The van der Waals surface area contributed by atoms with Crippen molar-refractivity contribution in [3.05, 3.63) is 79.2 Å². The number of nitrogen functional groups attached to an aromatic ring is 1. The molecule has 0 amide bonds. The minimum atomic E-state index is -0.687. The lowest BCUT2D eigenvalue weighted by Crippen LogP contribution is -2.33. The lowest BCUT2D eigenvalue weighted by molar-refractivity contribution is 0.756. The smallest absolute Gasteiger partial charge is 0.349 e. The lowest BCUT2D eigenvalue weighted by Gasteiger charge is -2.13. The summed E-state index contributed by atoms with van der Waals surface area (Å²) in [6.07, 6.45) is 2.70. The van der Waals surface area contributed by atoms with Crippen molar-refractivity contribution in [1.82, 2.24) is 24.7 Å². The predicted octanol–water partition coefficient (Wildman–Crippen LogP) is 2.71. The summed E-state index contributed by atoms with van der Waals surface area (Å²) in [6.45, 7) is 8.29. The molecule has 8 nitrogen and oxygen atoms in total. The van der Waals surface area contributed by atoms with E-state index in [9.17, 15) is 9.59 Å². The summed E-state index contributed by atoms with van der Waals surface area (Å²) < 4.78 is 1.11. The number of nitrogens with one attached hydrogen (secondary N) is 2. The highest BCUT2D eigenvalue weighted by molar-refractivity contribution is 5.79. The fraction of sp³-hybridized carbons (Fsp3) is 0.273. The third kappa shape index (κ3) is 3.41. The molecule has 30 heavy (non-hydrogen) atoms. The molecule has 3 aromatic heterocycles. The highest BCUT2D eigenvalue weighted by atomic mass is 16.2. The molecule has 3 heterocycles. The first kappa shape index (κ1) is 19.6. The summed E-state index contributed by atoms with van der Waals surface area (Å²) >= 11 is 0. The van der Waals surface area contributed by atoms with Crippen LogP contribution in [0, 0.1) is 13.8 Å². The molecule has 4 rings (SSSR count). The first-order valence-electron chi connectivity index (χ1n) is 9.81. The molecule has 0 fully saturated rings. The topological polar surface area (TPSA) is 122 Å². The van der Waals surface area contributed by atoms with E-state index in [1.54, 1.807) is 0 Å². The Hall–Kier alpha value is -3.68. The Kier molecular flexibility index (Phi) is 4.77. The van der Waals surface area contributed by atoms with Crippen LogP contribution in [0.4, 0.5) is 5.82 Å². The van der Waals surface area contributed by atoms with Gasteiger partial charge in [0.25, 0.3) is 5.56 Å². The molecule has 0 radical (unpaired) electrons. The van der Waals surface area contributed by atoms with Gasteiger partial charge in [-0.2, -0.15) is 4.68 Å². The molecular weight excluding hydrogens is 380 g/mol. The zero-order valence-corrected chi connectivity index (χ0v) is 17.4. The number of aromatic nitrogens is 5. The van der Waals surface area contributed by atoms with Gasteiger partial charge in [0.05, 0.1) is 16.7 Å². The van der Waals surface area contributed by atoms with Crippen LogP contribution in [0.15, 0.2) is 40.1 Å². The Morgan fingerprint density at radius 3 is 2.50 bits per heavy atom. The van der Waals surface area contributed by atoms with Crippen molar-refractivity contribution in [3.8, 4) is 5.69 Å². The Bertz CT molecular complexity index is 1350. The number of nitrogens with zero attached hydrogens (tertiary/aromatic N) is 3. The Labute approximate surface area is 172 Å². The van der Waals surface area contributed by atoms with Gasteiger partial charge in [0.1, 0.15) is 0 Å². The number of hydrogen-bond acceptors (Lipinski definition) is 5. The largest absolute Gasteiger partial charge is 0.378 e. The number of anilines is 1. The van der Waals surface area contributed by atoms with Gasteiger partial charge in [0, 0.05) is 18.3 Å². The van der Waals surface area contributed by atoms with Gasteiger partial charge in [-0.15, -0.1) is 5.10 Å². The van der Waals surface area contributed by atoms with Gasteiger partial charge >= 0.3 is 5.69 Å². The molecule has 0 aliphatic heterocycles. The fourth-order valence-corrected chi connectivity index (χ4v) is 3.74. The van der Waals surface area contributed by atoms with Crippen LogP contribution in [-0.4, -0.2) is 24.7 Å². The summed E-state index contributed by atoms with van der Waals surface area (Å²) in [5, 5.41) is 3.92. The fourth-order valence-electron chi connectivity index (χ4n) is 3.74. The van der Waals surface area contributed by atoms with Crippen molar-refractivity contribution in [2.24, 2.45) is 0 Å². The maximum Gasteiger partial charge on any atom is 0.349 e. The normalized spacial score (nSPS) is 11.5. The van der Waals surface area contributed by atoms with E-state index >= 15 is 0 Å². The summed E-state index contributed by atoms with van der Waals surface area (Å²) in [5.74, 6) is 0.138. The molecule has 0 spiro atoms. The summed E-state index contributed by atoms with van der Waals surface area (Å²) in [6, 6.07) is 7.82. The van der Waals surface area contributed by atoms with Crippen LogP contribution in [0.2, 0.25) is 0 Å². The van der Waals surface area contributed by atoms with E-state index in [0.717, 1.165) is 38.1 Å². The number of hydrogen-bond donors (Lipinski definition) is 3. The number of pyridine rings is 1. The Morgan fingerprint density at radius 1 is 1.13 bits per heavy atom. The van der Waals surface area contributed by atoms with Crippen LogP contribution in [0.5, 0.6) is 0 Å². The average molecular weight is 404 g/mol. The van der Waals surface area contributed by atoms with E-state index < -0.39 is 11.2 Å². The first-order chi connectivity index (χ1) is 14.2. The van der Waals surface area contributed by atoms with E-state index in [4.69, 9.17) is 10.7 Å². The van der Waals surface area contributed by atoms with Gasteiger partial charge < -0.3 is 10.7 Å². The van der Waals surface area contributed by atoms with E-state index in [2.05, 4.69) is 35.0 Å². The minimum absolute atomic E-state index is 0.251. The summed E-state index contributed by atoms with van der Waals surface area (Å²) in [4.78, 5) is 34.0. The van der Waals surface area contributed by atoms with Gasteiger partial charge in [0.15, 0.2) is 0 Å². The summed E-state index contributed by atoms with van der Waals surface area (Å²) in [7, 11) is 0. The average Bonchev–Trinajstić information content (AvgIpc) is 3.11. The SMILES string of the molecule is Cc1cc(-n2nc(N)c(=O)[nH]c2=O)cc(C)c1Cc1ccc2[nH]cc(C(C)C)c2n1. The number of rotatable bonds is 4. The van der Waals surface area contributed by atoms with Crippen LogP contribution in [0.3, 0.4) is 0 Å². The zero-order chi connectivity index (χ0) is 21.6. The van der Waals surface area contributed by atoms with Crippen LogP contribution >= 0.6 is 0 Å². The second-order valence-corrected chi connectivity index (χ2v) is 7.89. The number of aromatic amines is 2. The zero-order valence-electron chi connectivity index (χ0n) is 17.4. The van der Waals surface area contributed by atoms with E-state index in [0.29, 0.717) is 18.0 Å². The molecular formula is C22H24N6O2. The molecule has 0 bridgehead atoms. The lowest BCUT2D eigenvalue weighted by atomic mass is 9.97. The van der Waals surface area contributed by atoms with Crippen molar-refractivity contribution in [2.75, 3.05) is 5.73 Å². The van der Waals surface area contributed by atoms with Gasteiger partial charge in [-0.25, -0.2) is 4.79 Å². The molecule has 0 saturated carbocycles. The number of benzene rings is 1. The van der Waals surface area contributed by atoms with Crippen molar-refractivity contribution < 1.29 is 0 Å². The maximum atomic E-state index is 12.2. The highest BCUT2D eigenvalue weighted by Crippen LogP contribution is 2.26. The number of H-pyrrole nitrogens is 2. The standard InChI is InChI=1S/C22H24N6O2/c1-11(2)17-10-24-18-6-5-14(25-19(17)18)9-16-12(3)7-15(8-13(16)4)28-22(30)26-21(29)20(23)27-28/h5-8,10-11,24H,9H2,1-4H3,(H2,23,27)(H,26,29,30). The van der Waals surface area contributed by atoms with Crippen LogP contribution in [-0.2, 0) is 6.42 Å². The van der Waals surface area contributed by atoms with Gasteiger partial charge in [-0.1, -0.05) is 13.8 Å². The van der Waals surface area contributed by atoms with Crippen molar-refractivity contribution in [1.29, 1.82) is 0 Å². The van der Waals surface area contributed by atoms with Gasteiger partial charge in [-0.05, 0) is 66.3 Å². The molecule has 8 heteroatoms. The van der Waals surface area contributed by atoms with Crippen molar-refractivity contribution in [2.45, 2.75) is 40.0 Å². The number of fused-ring (bicyclic) bond motifs is 1. The minimum Gasteiger partial charge on any atom is -0.378 e. The maximum absolute atomic E-state index is 12.2. The van der Waals surface area contributed by atoms with Crippen molar-refractivity contribution >= 4 is 16.9 Å². The molecule has 0 unspecified atom stereocenters. The van der Waals surface area contributed by atoms with E-state index in [1.807, 2.05) is 38.2 Å². The second-order valence-electron chi connectivity index (χ2n) is 7.89. The monoisotopic (exact) mass is 404 g/mol. The van der Waals surface area contributed by atoms with Gasteiger partial charge in [0.2, 0.25) is 5.82 Å². The van der Waals surface area contributed by atoms with Gasteiger partial charge in [-0.3, -0.25) is 14.8 Å². The molecule has 154 valence electrons.